The first-order chi connectivity index (χ1) is 10.9. The fourth-order valence-corrected chi connectivity index (χ4v) is 2.42. The lowest BCUT2D eigenvalue weighted by atomic mass is 10.0. The average molecular weight is 287 g/mol. The van der Waals surface area contributed by atoms with E-state index in [-0.39, 0.29) is 0 Å². The van der Waals surface area contributed by atoms with Gasteiger partial charge in [-0.25, -0.2) is 9.50 Å². The normalized spacial score (nSPS) is 10.7. The molecule has 0 fully saturated rings. The summed E-state index contributed by atoms with van der Waals surface area (Å²) in [4.78, 5) is 8.47. The van der Waals surface area contributed by atoms with E-state index in [4.69, 9.17) is 4.42 Å². The van der Waals surface area contributed by atoms with Crippen molar-refractivity contribution in [2.45, 2.75) is 0 Å². The highest BCUT2D eigenvalue weighted by Crippen LogP contribution is 2.32. The molecule has 0 aliphatic carbocycles. The summed E-state index contributed by atoms with van der Waals surface area (Å²) in [5, 5.41) is 14.2. The van der Waals surface area contributed by atoms with Crippen LogP contribution >= 0.6 is 0 Å². The first kappa shape index (κ1) is 12.3. The Morgan fingerprint density at radius 2 is 2.05 bits per heavy atom. The van der Waals surface area contributed by atoms with Gasteiger partial charge in [-0.15, -0.1) is 0 Å². The standard InChI is InChI=1S/C16H9N5O/c17-10-11-14(16-19-7-9-22-16)13-5-3-8-21(13)20-15(11)12-4-1-2-6-18-12/h1-9H. The van der Waals surface area contributed by atoms with Gasteiger partial charge in [0.25, 0.3) is 0 Å². The summed E-state index contributed by atoms with van der Waals surface area (Å²) in [7, 11) is 0. The Bertz CT molecular complexity index is 981. The number of pyridine rings is 1. The Morgan fingerprint density at radius 1 is 1.09 bits per heavy atom. The summed E-state index contributed by atoms with van der Waals surface area (Å²) < 4.78 is 7.11. The molecule has 0 N–H and O–H groups in total. The highest BCUT2D eigenvalue weighted by molar-refractivity contribution is 5.85. The van der Waals surface area contributed by atoms with Crippen LogP contribution in [0.2, 0.25) is 0 Å². The zero-order valence-corrected chi connectivity index (χ0v) is 11.3. The van der Waals surface area contributed by atoms with E-state index in [1.807, 2.05) is 36.5 Å². The molecular weight excluding hydrogens is 278 g/mol. The first-order valence-electron chi connectivity index (χ1n) is 6.61. The summed E-state index contributed by atoms with van der Waals surface area (Å²) in [6, 6.07) is 11.4. The van der Waals surface area contributed by atoms with Crippen LogP contribution in [0.15, 0.2) is 59.6 Å². The number of fused-ring (bicyclic) bond motifs is 1. The van der Waals surface area contributed by atoms with Crippen LogP contribution in [0.5, 0.6) is 0 Å². The van der Waals surface area contributed by atoms with E-state index in [2.05, 4.69) is 21.1 Å². The van der Waals surface area contributed by atoms with E-state index in [0.29, 0.717) is 28.4 Å². The molecule has 6 nitrogen and oxygen atoms in total. The monoisotopic (exact) mass is 287 g/mol. The van der Waals surface area contributed by atoms with Gasteiger partial charge in [-0.1, -0.05) is 6.07 Å². The number of rotatable bonds is 2. The third-order valence-electron chi connectivity index (χ3n) is 3.34. The molecule has 104 valence electrons. The van der Waals surface area contributed by atoms with E-state index in [0.717, 1.165) is 5.52 Å². The molecule has 0 unspecified atom stereocenters. The predicted molar refractivity (Wildman–Crippen MR) is 78.6 cm³/mol. The van der Waals surface area contributed by atoms with Crippen molar-refractivity contribution in [2.75, 3.05) is 0 Å². The molecule has 0 aliphatic rings. The van der Waals surface area contributed by atoms with E-state index >= 15 is 0 Å². The molecule has 0 bridgehead atoms. The molecule has 4 aromatic heterocycles. The van der Waals surface area contributed by atoms with Crippen LogP contribution in [0.1, 0.15) is 5.56 Å². The van der Waals surface area contributed by atoms with Gasteiger partial charge in [0.15, 0.2) is 0 Å². The molecule has 0 atom stereocenters. The van der Waals surface area contributed by atoms with Gasteiger partial charge >= 0.3 is 0 Å². The van der Waals surface area contributed by atoms with Crippen molar-refractivity contribution < 1.29 is 4.42 Å². The summed E-state index contributed by atoms with van der Waals surface area (Å²) in [5.74, 6) is 0.389. The molecule has 0 radical (unpaired) electrons. The maximum Gasteiger partial charge on any atom is 0.229 e. The van der Waals surface area contributed by atoms with Gasteiger partial charge in [0.05, 0.1) is 28.5 Å². The molecule has 4 heterocycles. The van der Waals surface area contributed by atoms with Crippen molar-refractivity contribution in [1.82, 2.24) is 19.6 Å². The fourth-order valence-electron chi connectivity index (χ4n) is 2.42. The van der Waals surface area contributed by atoms with Gasteiger partial charge in [0.2, 0.25) is 5.89 Å². The minimum Gasteiger partial charge on any atom is -0.444 e. The Labute approximate surface area is 125 Å². The molecule has 0 spiro atoms. The number of hydrogen-bond donors (Lipinski definition) is 0. The van der Waals surface area contributed by atoms with Gasteiger partial charge in [0, 0.05) is 12.4 Å². The third-order valence-corrected chi connectivity index (χ3v) is 3.34. The van der Waals surface area contributed by atoms with Gasteiger partial charge in [0.1, 0.15) is 18.0 Å². The lowest BCUT2D eigenvalue weighted by molar-refractivity contribution is 0.574. The van der Waals surface area contributed by atoms with Crippen LogP contribution in [0, 0.1) is 11.3 Å². The average Bonchev–Trinajstić information content (AvgIpc) is 3.25. The zero-order valence-electron chi connectivity index (χ0n) is 11.3. The molecule has 6 heteroatoms. The minimum atomic E-state index is 0.389. The quantitative estimate of drug-likeness (QED) is 0.566. The summed E-state index contributed by atoms with van der Waals surface area (Å²) in [6.07, 6.45) is 6.52. The predicted octanol–water partition coefficient (Wildman–Crippen LogP) is 2.92. The van der Waals surface area contributed by atoms with E-state index in [1.165, 1.54) is 6.26 Å². The minimum absolute atomic E-state index is 0.389. The summed E-state index contributed by atoms with van der Waals surface area (Å²) in [5.41, 5.74) is 2.90. The van der Waals surface area contributed by atoms with Gasteiger partial charge < -0.3 is 4.42 Å². The number of nitrogens with zero attached hydrogens (tertiary/aromatic N) is 5. The zero-order chi connectivity index (χ0) is 14.9. The Hall–Kier alpha value is -3.46. The molecule has 0 saturated heterocycles. The Balaban J connectivity index is 2.13. The molecule has 0 saturated carbocycles. The highest BCUT2D eigenvalue weighted by Gasteiger charge is 2.21. The second-order valence-corrected chi connectivity index (χ2v) is 4.60. The SMILES string of the molecule is N#Cc1c(-c2ccccn2)nn2cccc2c1-c1ncco1. The second-order valence-electron chi connectivity index (χ2n) is 4.60. The van der Waals surface area contributed by atoms with Gasteiger partial charge in [-0.05, 0) is 24.3 Å². The number of nitriles is 1. The van der Waals surface area contributed by atoms with Crippen molar-refractivity contribution in [1.29, 1.82) is 5.26 Å². The Kier molecular flexibility index (Phi) is 2.70. The number of hydrogen-bond acceptors (Lipinski definition) is 5. The molecule has 0 amide bonds. The van der Waals surface area contributed by atoms with Crippen LogP contribution in [-0.2, 0) is 0 Å². The molecule has 22 heavy (non-hydrogen) atoms. The molecular formula is C16H9N5O. The lowest BCUT2D eigenvalue weighted by Gasteiger charge is -2.09. The third kappa shape index (κ3) is 1.77. The maximum absolute atomic E-state index is 9.66. The van der Waals surface area contributed by atoms with Crippen molar-refractivity contribution >= 4 is 5.52 Å². The summed E-state index contributed by atoms with van der Waals surface area (Å²) >= 11 is 0. The molecule has 4 aromatic rings. The van der Waals surface area contributed by atoms with Crippen LogP contribution in [-0.4, -0.2) is 19.6 Å². The largest absolute Gasteiger partial charge is 0.444 e. The first-order valence-corrected chi connectivity index (χ1v) is 6.61. The van der Waals surface area contributed by atoms with Crippen molar-refractivity contribution in [2.24, 2.45) is 0 Å². The van der Waals surface area contributed by atoms with Crippen molar-refractivity contribution in [3.8, 4) is 28.9 Å². The summed E-state index contributed by atoms with van der Waals surface area (Å²) in [6.45, 7) is 0. The van der Waals surface area contributed by atoms with Crippen LogP contribution in [0.25, 0.3) is 28.4 Å². The van der Waals surface area contributed by atoms with Gasteiger partial charge in [-0.3, -0.25) is 4.98 Å². The van der Waals surface area contributed by atoms with E-state index in [1.54, 1.807) is 16.9 Å². The van der Waals surface area contributed by atoms with Crippen molar-refractivity contribution in [3.63, 3.8) is 0 Å². The highest BCUT2D eigenvalue weighted by atomic mass is 16.3. The molecule has 4 rings (SSSR count). The van der Waals surface area contributed by atoms with Crippen LogP contribution < -0.4 is 0 Å². The van der Waals surface area contributed by atoms with Gasteiger partial charge in [-0.2, -0.15) is 10.4 Å². The van der Waals surface area contributed by atoms with E-state index in [9.17, 15) is 5.26 Å². The van der Waals surface area contributed by atoms with Crippen molar-refractivity contribution in [3.05, 3.63) is 60.7 Å². The fraction of sp³-hybridized carbons (Fsp3) is 0. The van der Waals surface area contributed by atoms with Crippen LogP contribution in [0.4, 0.5) is 0 Å². The molecule has 0 aliphatic heterocycles. The van der Waals surface area contributed by atoms with Crippen LogP contribution in [0.3, 0.4) is 0 Å². The topological polar surface area (TPSA) is 80.0 Å². The number of aromatic nitrogens is 4. The second kappa shape index (κ2) is 4.82. The smallest absolute Gasteiger partial charge is 0.229 e. The van der Waals surface area contributed by atoms with E-state index < -0.39 is 0 Å². The maximum atomic E-state index is 9.66. The number of oxazole rings is 1. The lowest BCUT2D eigenvalue weighted by Crippen LogP contribution is -2.02. The Morgan fingerprint density at radius 3 is 2.77 bits per heavy atom. The molecule has 0 aromatic carbocycles.